The molecule has 0 aliphatic heterocycles. The molecule has 0 amide bonds. The SMILES string of the molecule is COc1cc(-c2nnc(Nc3csc(-c4ccccc4)c3)s2)cc(OC)c1OC. The first-order valence-corrected chi connectivity index (χ1v) is 10.5. The number of methoxy groups -OCH3 is 3. The fourth-order valence-electron chi connectivity index (χ4n) is 2.87. The lowest BCUT2D eigenvalue weighted by Gasteiger charge is -2.13. The van der Waals surface area contributed by atoms with E-state index in [4.69, 9.17) is 14.2 Å². The number of hydrogen-bond donors (Lipinski definition) is 1. The summed E-state index contributed by atoms with van der Waals surface area (Å²) in [6.07, 6.45) is 0. The molecule has 148 valence electrons. The summed E-state index contributed by atoms with van der Waals surface area (Å²) in [6.45, 7) is 0. The summed E-state index contributed by atoms with van der Waals surface area (Å²) >= 11 is 3.14. The first-order chi connectivity index (χ1) is 14.2. The highest BCUT2D eigenvalue weighted by Crippen LogP contribution is 2.42. The third kappa shape index (κ3) is 4.03. The number of anilines is 2. The second-order valence-electron chi connectivity index (χ2n) is 6.02. The van der Waals surface area contributed by atoms with Crippen LogP contribution in [0.4, 0.5) is 10.8 Å². The van der Waals surface area contributed by atoms with Crippen LogP contribution in [0.2, 0.25) is 0 Å². The number of hydrogen-bond acceptors (Lipinski definition) is 8. The molecule has 0 fully saturated rings. The second kappa shape index (κ2) is 8.50. The predicted octanol–water partition coefficient (Wildman–Crippen LogP) is 5.70. The monoisotopic (exact) mass is 425 g/mol. The fourth-order valence-corrected chi connectivity index (χ4v) is 4.47. The minimum Gasteiger partial charge on any atom is -0.493 e. The molecular weight excluding hydrogens is 406 g/mol. The Hall–Kier alpha value is -3.10. The molecule has 4 rings (SSSR count). The molecule has 2 aromatic carbocycles. The highest BCUT2D eigenvalue weighted by molar-refractivity contribution is 7.18. The van der Waals surface area contributed by atoms with Gasteiger partial charge in [-0.3, -0.25) is 0 Å². The van der Waals surface area contributed by atoms with Crippen molar-refractivity contribution in [1.29, 1.82) is 0 Å². The smallest absolute Gasteiger partial charge is 0.210 e. The van der Waals surface area contributed by atoms with Gasteiger partial charge in [0.15, 0.2) is 11.5 Å². The average molecular weight is 426 g/mol. The van der Waals surface area contributed by atoms with E-state index in [0.29, 0.717) is 22.4 Å². The van der Waals surface area contributed by atoms with Crippen LogP contribution < -0.4 is 19.5 Å². The molecule has 0 aliphatic rings. The number of aromatic nitrogens is 2. The number of ether oxygens (including phenoxy) is 3. The van der Waals surface area contributed by atoms with Crippen molar-refractivity contribution in [3.05, 3.63) is 53.9 Å². The molecule has 0 aliphatic carbocycles. The van der Waals surface area contributed by atoms with Crippen molar-refractivity contribution < 1.29 is 14.2 Å². The Labute approximate surface area is 176 Å². The standard InChI is InChI=1S/C21H19N3O3S2/c1-25-16-9-14(10-17(26-2)19(16)27-3)20-23-24-21(29-20)22-15-11-18(28-12-15)13-7-5-4-6-8-13/h4-12H,1-3H3,(H,22,24). The summed E-state index contributed by atoms with van der Waals surface area (Å²) in [5, 5.41) is 15.5. The molecule has 0 spiro atoms. The average Bonchev–Trinajstić information content (AvgIpc) is 3.43. The lowest BCUT2D eigenvalue weighted by Crippen LogP contribution is -1.95. The van der Waals surface area contributed by atoms with Crippen molar-refractivity contribution in [3.8, 4) is 38.3 Å². The maximum Gasteiger partial charge on any atom is 0.210 e. The van der Waals surface area contributed by atoms with Crippen LogP contribution in [0, 0.1) is 0 Å². The van der Waals surface area contributed by atoms with Gasteiger partial charge in [0, 0.05) is 15.8 Å². The zero-order valence-electron chi connectivity index (χ0n) is 16.1. The van der Waals surface area contributed by atoms with Gasteiger partial charge in [-0.15, -0.1) is 21.5 Å². The van der Waals surface area contributed by atoms with Crippen LogP contribution in [-0.4, -0.2) is 31.5 Å². The van der Waals surface area contributed by atoms with Crippen LogP contribution in [-0.2, 0) is 0 Å². The largest absolute Gasteiger partial charge is 0.493 e. The Morgan fingerprint density at radius 2 is 1.55 bits per heavy atom. The van der Waals surface area contributed by atoms with Gasteiger partial charge in [-0.05, 0) is 23.8 Å². The van der Waals surface area contributed by atoms with Crippen molar-refractivity contribution >= 4 is 33.5 Å². The molecular formula is C21H19N3O3S2. The number of nitrogens with zero attached hydrogens (tertiary/aromatic N) is 2. The zero-order valence-corrected chi connectivity index (χ0v) is 17.8. The summed E-state index contributed by atoms with van der Waals surface area (Å²) in [5.41, 5.74) is 3.03. The van der Waals surface area contributed by atoms with Crippen molar-refractivity contribution in [2.75, 3.05) is 26.6 Å². The first kappa shape index (κ1) is 19.2. The van der Waals surface area contributed by atoms with E-state index in [9.17, 15) is 0 Å². The van der Waals surface area contributed by atoms with Gasteiger partial charge in [0.25, 0.3) is 0 Å². The Balaban J connectivity index is 1.57. The van der Waals surface area contributed by atoms with E-state index in [1.54, 1.807) is 32.7 Å². The number of thiophene rings is 1. The molecule has 0 saturated carbocycles. The van der Waals surface area contributed by atoms with Gasteiger partial charge in [0.1, 0.15) is 5.01 Å². The van der Waals surface area contributed by atoms with Crippen LogP contribution in [0.1, 0.15) is 0 Å². The first-order valence-electron chi connectivity index (χ1n) is 8.76. The number of rotatable bonds is 7. The minimum absolute atomic E-state index is 0.549. The Morgan fingerprint density at radius 3 is 2.21 bits per heavy atom. The van der Waals surface area contributed by atoms with Crippen molar-refractivity contribution in [1.82, 2.24) is 10.2 Å². The van der Waals surface area contributed by atoms with E-state index in [0.717, 1.165) is 16.3 Å². The quantitative estimate of drug-likeness (QED) is 0.410. The van der Waals surface area contributed by atoms with E-state index in [2.05, 4.69) is 39.1 Å². The molecule has 0 bridgehead atoms. The predicted molar refractivity (Wildman–Crippen MR) is 118 cm³/mol. The van der Waals surface area contributed by atoms with Gasteiger partial charge in [0.2, 0.25) is 10.9 Å². The van der Waals surface area contributed by atoms with Gasteiger partial charge in [-0.25, -0.2) is 0 Å². The summed E-state index contributed by atoms with van der Waals surface area (Å²) in [5.74, 6) is 1.71. The maximum atomic E-state index is 5.43. The highest BCUT2D eigenvalue weighted by atomic mass is 32.1. The lowest BCUT2D eigenvalue weighted by atomic mass is 10.2. The molecule has 4 aromatic rings. The molecule has 6 nitrogen and oxygen atoms in total. The van der Waals surface area contributed by atoms with E-state index in [1.807, 2.05) is 30.3 Å². The van der Waals surface area contributed by atoms with Crippen molar-refractivity contribution in [2.45, 2.75) is 0 Å². The number of benzene rings is 2. The van der Waals surface area contributed by atoms with Gasteiger partial charge in [-0.2, -0.15) is 0 Å². The van der Waals surface area contributed by atoms with Crippen LogP contribution in [0.3, 0.4) is 0 Å². The molecule has 8 heteroatoms. The highest BCUT2D eigenvalue weighted by Gasteiger charge is 2.16. The van der Waals surface area contributed by atoms with Crippen molar-refractivity contribution in [3.63, 3.8) is 0 Å². The second-order valence-corrected chi connectivity index (χ2v) is 7.91. The normalized spacial score (nSPS) is 10.6. The Bertz CT molecular complexity index is 1080. The summed E-state index contributed by atoms with van der Waals surface area (Å²) in [7, 11) is 4.77. The fraction of sp³-hybridized carbons (Fsp3) is 0.143. The van der Waals surface area contributed by atoms with E-state index in [1.165, 1.54) is 21.8 Å². The summed E-state index contributed by atoms with van der Waals surface area (Å²) < 4.78 is 16.2. The van der Waals surface area contributed by atoms with Gasteiger partial charge < -0.3 is 19.5 Å². The van der Waals surface area contributed by atoms with Crippen LogP contribution in [0.25, 0.3) is 21.0 Å². The molecule has 0 unspecified atom stereocenters. The molecule has 2 aromatic heterocycles. The molecule has 2 heterocycles. The molecule has 29 heavy (non-hydrogen) atoms. The van der Waals surface area contributed by atoms with Crippen LogP contribution >= 0.6 is 22.7 Å². The minimum atomic E-state index is 0.549. The van der Waals surface area contributed by atoms with E-state index >= 15 is 0 Å². The van der Waals surface area contributed by atoms with Gasteiger partial charge in [-0.1, -0.05) is 41.7 Å². The topological polar surface area (TPSA) is 65.5 Å². The molecule has 0 saturated heterocycles. The third-order valence-corrected chi connectivity index (χ3v) is 6.11. The Morgan fingerprint density at radius 1 is 0.828 bits per heavy atom. The van der Waals surface area contributed by atoms with E-state index in [-0.39, 0.29) is 0 Å². The van der Waals surface area contributed by atoms with Crippen LogP contribution in [0.15, 0.2) is 53.9 Å². The van der Waals surface area contributed by atoms with Crippen molar-refractivity contribution in [2.24, 2.45) is 0 Å². The lowest BCUT2D eigenvalue weighted by molar-refractivity contribution is 0.324. The molecule has 1 N–H and O–H groups in total. The van der Waals surface area contributed by atoms with Gasteiger partial charge >= 0.3 is 0 Å². The number of nitrogens with one attached hydrogen (secondary N) is 1. The zero-order chi connectivity index (χ0) is 20.2. The summed E-state index contributed by atoms with van der Waals surface area (Å²) in [6, 6.07) is 16.1. The third-order valence-electron chi connectivity index (χ3n) is 4.25. The van der Waals surface area contributed by atoms with E-state index < -0.39 is 0 Å². The Kier molecular flexibility index (Phi) is 5.64. The van der Waals surface area contributed by atoms with Gasteiger partial charge in [0.05, 0.1) is 27.0 Å². The van der Waals surface area contributed by atoms with Crippen LogP contribution in [0.5, 0.6) is 17.2 Å². The summed E-state index contributed by atoms with van der Waals surface area (Å²) in [4.78, 5) is 1.20. The molecule has 0 radical (unpaired) electrons. The molecule has 0 atom stereocenters. The maximum absolute atomic E-state index is 5.43.